The Labute approximate surface area is 156 Å². The summed E-state index contributed by atoms with van der Waals surface area (Å²) in [4.78, 5) is 24.5. The van der Waals surface area contributed by atoms with Crippen molar-refractivity contribution in [3.05, 3.63) is 35.9 Å². The third kappa shape index (κ3) is 3.59. The summed E-state index contributed by atoms with van der Waals surface area (Å²) in [6.07, 6.45) is -0.561. The van der Waals surface area contributed by atoms with Gasteiger partial charge in [0.1, 0.15) is 11.5 Å². The summed E-state index contributed by atoms with van der Waals surface area (Å²) < 4.78 is 21.3. The third-order valence-corrected chi connectivity index (χ3v) is 4.12. The van der Waals surface area contributed by atoms with Gasteiger partial charge in [-0.15, -0.1) is 0 Å². The number of ether oxygens (including phenoxy) is 4. The molecule has 8 nitrogen and oxygen atoms in total. The first kappa shape index (κ1) is 18.4. The van der Waals surface area contributed by atoms with Crippen LogP contribution >= 0.6 is 0 Å². The van der Waals surface area contributed by atoms with Gasteiger partial charge in [0.2, 0.25) is 0 Å². The second-order valence-corrected chi connectivity index (χ2v) is 5.82. The number of fused-ring (bicyclic) bond motifs is 1. The molecule has 0 aliphatic carbocycles. The molecule has 0 fully saturated rings. The number of nitrogens with one attached hydrogen (secondary N) is 2. The number of benzene rings is 2. The highest BCUT2D eigenvalue weighted by Gasteiger charge is 2.24. The van der Waals surface area contributed by atoms with Crippen molar-refractivity contribution >= 4 is 23.2 Å². The number of carbonyl (C=O) groups is 2. The van der Waals surface area contributed by atoms with Crippen LogP contribution in [0, 0.1) is 0 Å². The molecule has 1 aliphatic rings. The molecule has 1 aliphatic heterocycles. The molecule has 1 unspecified atom stereocenters. The topological polar surface area (TPSA) is 95.1 Å². The fourth-order valence-electron chi connectivity index (χ4n) is 2.69. The minimum atomic E-state index is -0.561. The Kier molecular flexibility index (Phi) is 5.07. The number of hydrogen-bond acceptors (Lipinski definition) is 6. The molecule has 0 aromatic heterocycles. The van der Waals surface area contributed by atoms with E-state index < -0.39 is 12.0 Å². The first-order valence-electron chi connectivity index (χ1n) is 8.19. The zero-order valence-corrected chi connectivity index (χ0v) is 15.4. The molecule has 0 bridgehead atoms. The lowest BCUT2D eigenvalue weighted by Gasteiger charge is -2.23. The fourth-order valence-corrected chi connectivity index (χ4v) is 2.69. The van der Waals surface area contributed by atoms with E-state index >= 15 is 0 Å². The van der Waals surface area contributed by atoms with Gasteiger partial charge >= 0.3 is 0 Å². The van der Waals surface area contributed by atoms with Crippen LogP contribution < -0.4 is 29.6 Å². The molecule has 27 heavy (non-hydrogen) atoms. The van der Waals surface area contributed by atoms with Crippen molar-refractivity contribution < 1.29 is 28.5 Å². The standard InChI is InChI=1S/C19H20N2O6/c1-10-18(22)21-13-7-11(5-6-14(13)27-10)20-19(23)12-8-16(25-3)17(26-4)9-15(12)24-2/h5-10H,1-4H3,(H,20,23)(H,21,22). The van der Waals surface area contributed by atoms with Gasteiger partial charge < -0.3 is 29.6 Å². The van der Waals surface area contributed by atoms with Crippen LogP contribution in [0.2, 0.25) is 0 Å². The third-order valence-electron chi connectivity index (χ3n) is 4.12. The molecule has 2 amide bonds. The molecule has 1 atom stereocenters. The summed E-state index contributed by atoms with van der Waals surface area (Å²) in [7, 11) is 4.45. The van der Waals surface area contributed by atoms with Crippen molar-refractivity contribution in [1.82, 2.24) is 0 Å². The van der Waals surface area contributed by atoms with Crippen LogP contribution in [0.4, 0.5) is 11.4 Å². The van der Waals surface area contributed by atoms with Crippen molar-refractivity contribution in [1.29, 1.82) is 0 Å². The van der Waals surface area contributed by atoms with Crippen LogP contribution in [0.1, 0.15) is 17.3 Å². The number of amides is 2. The number of anilines is 2. The van der Waals surface area contributed by atoms with Gasteiger partial charge in [0, 0.05) is 17.8 Å². The molecule has 3 rings (SSSR count). The van der Waals surface area contributed by atoms with Gasteiger partial charge in [0.25, 0.3) is 11.8 Å². The summed E-state index contributed by atoms with van der Waals surface area (Å²) in [5.74, 6) is 1.10. The highest BCUT2D eigenvalue weighted by Crippen LogP contribution is 2.36. The van der Waals surface area contributed by atoms with Crippen LogP contribution in [0.15, 0.2) is 30.3 Å². The molecule has 0 saturated heterocycles. The molecular weight excluding hydrogens is 352 g/mol. The number of methoxy groups -OCH3 is 3. The fraction of sp³-hybridized carbons (Fsp3) is 0.263. The Morgan fingerprint density at radius 1 is 1.04 bits per heavy atom. The van der Waals surface area contributed by atoms with Crippen LogP contribution in [0.25, 0.3) is 0 Å². The maximum absolute atomic E-state index is 12.7. The minimum absolute atomic E-state index is 0.243. The summed E-state index contributed by atoms with van der Waals surface area (Å²) in [5, 5.41) is 5.52. The molecule has 2 aromatic rings. The Hall–Kier alpha value is -3.42. The summed E-state index contributed by atoms with van der Waals surface area (Å²) in [6.45, 7) is 1.66. The molecule has 8 heteroatoms. The zero-order chi connectivity index (χ0) is 19.6. The molecule has 0 radical (unpaired) electrons. The van der Waals surface area contributed by atoms with Crippen LogP contribution in [-0.4, -0.2) is 39.2 Å². The minimum Gasteiger partial charge on any atom is -0.496 e. The van der Waals surface area contributed by atoms with E-state index in [-0.39, 0.29) is 11.5 Å². The van der Waals surface area contributed by atoms with Crippen molar-refractivity contribution in [2.45, 2.75) is 13.0 Å². The van der Waals surface area contributed by atoms with Gasteiger partial charge in [0.05, 0.1) is 32.6 Å². The molecule has 2 N–H and O–H groups in total. The van der Waals surface area contributed by atoms with Gasteiger partial charge in [0.15, 0.2) is 17.6 Å². The Morgan fingerprint density at radius 2 is 1.70 bits per heavy atom. The lowest BCUT2D eigenvalue weighted by atomic mass is 10.1. The second kappa shape index (κ2) is 7.45. The smallest absolute Gasteiger partial charge is 0.265 e. The monoisotopic (exact) mass is 372 g/mol. The highest BCUT2D eigenvalue weighted by atomic mass is 16.5. The van der Waals surface area contributed by atoms with Crippen molar-refractivity contribution in [3.63, 3.8) is 0 Å². The first-order chi connectivity index (χ1) is 13.0. The molecule has 0 saturated carbocycles. The number of hydrogen-bond donors (Lipinski definition) is 2. The van der Waals surface area contributed by atoms with Gasteiger partial charge in [-0.2, -0.15) is 0 Å². The van der Waals surface area contributed by atoms with Gasteiger partial charge in [-0.25, -0.2) is 0 Å². The van der Waals surface area contributed by atoms with E-state index in [1.807, 2.05) is 0 Å². The van der Waals surface area contributed by atoms with E-state index in [2.05, 4.69) is 10.6 Å². The quantitative estimate of drug-likeness (QED) is 0.838. The average Bonchev–Trinajstić information content (AvgIpc) is 2.67. The summed E-state index contributed by atoms with van der Waals surface area (Å²) >= 11 is 0. The van der Waals surface area contributed by atoms with E-state index in [4.69, 9.17) is 18.9 Å². The molecule has 0 spiro atoms. The largest absolute Gasteiger partial charge is 0.496 e. The lowest BCUT2D eigenvalue weighted by molar-refractivity contribution is -0.122. The Balaban J connectivity index is 1.88. The van der Waals surface area contributed by atoms with Crippen LogP contribution in [0.5, 0.6) is 23.0 Å². The Morgan fingerprint density at radius 3 is 2.37 bits per heavy atom. The maximum atomic E-state index is 12.7. The Bertz CT molecular complexity index is 896. The van der Waals surface area contributed by atoms with Crippen LogP contribution in [-0.2, 0) is 4.79 Å². The van der Waals surface area contributed by atoms with E-state index in [0.29, 0.717) is 34.4 Å². The zero-order valence-electron chi connectivity index (χ0n) is 15.4. The predicted molar refractivity (Wildman–Crippen MR) is 99.2 cm³/mol. The molecule has 2 aromatic carbocycles. The van der Waals surface area contributed by atoms with E-state index in [1.54, 1.807) is 31.2 Å². The number of rotatable bonds is 5. The first-order valence-corrected chi connectivity index (χ1v) is 8.19. The van der Waals surface area contributed by atoms with Crippen molar-refractivity contribution in [2.24, 2.45) is 0 Å². The normalized spacial score (nSPS) is 15.1. The van der Waals surface area contributed by atoms with Gasteiger partial charge in [-0.05, 0) is 25.1 Å². The highest BCUT2D eigenvalue weighted by molar-refractivity contribution is 6.07. The van der Waals surface area contributed by atoms with E-state index in [1.165, 1.54) is 27.4 Å². The van der Waals surface area contributed by atoms with Crippen molar-refractivity contribution in [2.75, 3.05) is 32.0 Å². The van der Waals surface area contributed by atoms with E-state index in [9.17, 15) is 9.59 Å². The second-order valence-electron chi connectivity index (χ2n) is 5.82. The van der Waals surface area contributed by atoms with Gasteiger partial charge in [-0.1, -0.05) is 0 Å². The van der Waals surface area contributed by atoms with Crippen molar-refractivity contribution in [3.8, 4) is 23.0 Å². The molecule has 1 heterocycles. The predicted octanol–water partition coefficient (Wildman–Crippen LogP) is 2.68. The van der Waals surface area contributed by atoms with Gasteiger partial charge in [-0.3, -0.25) is 9.59 Å². The maximum Gasteiger partial charge on any atom is 0.265 e. The lowest BCUT2D eigenvalue weighted by Crippen LogP contribution is -2.34. The summed E-state index contributed by atoms with van der Waals surface area (Å²) in [6, 6.07) is 8.12. The van der Waals surface area contributed by atoms with Crippen LogP contribution in [0.3, 0.4) is 0 Å². The SMILES string of the molecule is COc1cc(OC)c(C(=O)Nc2ccc3c(c2)NC(=O)C(C)O3)cc1OC. The summed E-state index contributed by atoms with van der Waals surface area (Å²) in [5.41, 5.74) is 1.27. The van der Waals surface area contributed by atoms with E-state index in [0.717, 1.165) is 0 Å². The number of carbonyl (C=O) groups excluding carboxylic acids is 2. The molecular formula is C19H20N2O6. The average molecular weight is 372 g/mol. The molecule has 142 valence electrons.